The number of benzene rings is 1. The third-order valence-electron chi connectivity index (χ3n) is 2.29. The second-order valence-corrected chi connectivity index (χ2v) is 8.14. The van der Waals surface area contributed by atoms with Crippen molar-refractivity contribution in [2.24, 2.45) is 5.14 Å². The molecule has 1 heterocycles. The molecule has 0 radical (unpaired) electrons. The molecule has 0 saturated carbocycles. The smallest absolute Gasteiger partial charge is 0.247 e. The first kappa shape index (κ1) is 14.2. The standard InChI is InChI=1S/C11H11NO4S3/c1-16-8-2-4-9(5-3-8)18(13)10-6-7-11(17-10)19(12,14)15/h2-7H,1H3,(H2,12,14,15)/t18-/m0/s1. The van der Waals surface area contributed by atoms with Gasteiger partial charge < -0.3 is 4.74 Å². The maximum atomic E-state index is 12.2. The highest BCUT2D eigenvalue weighted by Crippen LogP contribution is 2.27. The van der Waals surface area contributed by atoms with Gasteiger partial charge in [-0.15, -0.1) is 11.3 Å². The maximum Gasteiger partial charge on any atom is 0.247 e. The molecule has 8 heteroatoms. The fourth-order valence-electron chi connectivity index (χ4n) is 1.37. The number of methoxy groups -OCH3 is 1. The van der Waals surface area contributed by atoms with Crippen molar-refractivity contribution in [3.63, 3.8) is 0 Å². The molecule has 1 aromatic heterocycles. The molecule has 102 valence electrons. The van der Waals surface area contributed by atoms with Crippen LogP contribution in [0.2, 0.25) is 0 Å². The van der Waals surface area contributed by atoms with Gasteiger partial charge in [-0.2, -0.15) is 0 Å². The largest absolute Gasteiger partial charge is 0.497 e. The zero-order valence-electron chi connectivity index (χ0n) is 9.90. The van der Waals surface area contributed by atoms with Crippen molar-refractivity contribution in [3.05, 3.63) is 36.4 Å². The van der Waals surface area contributed by atoms with Crippen LogP contribution in [-0.4, -0.2) is 19.7 Å². The number of primary sulfonamides is 1. The molecule has 0 aliphatic heterocycles. The van der Waals surface area contributed by atoms with Gasteiger partial charge in [-0.25, -0.2) is 17.8 Å². The summed E-state index contributed by atoms with van der Waals surface area (Å²) in [5.41, 5.74) is 0. The van der Waals surface area contributed by atoms with Gasteiger partial charge in [-0.05, 0) is 36.4 Å². The summed E-state index contributed by atoms with van der Waals surface area (Å²) < 4.78 is 40.0. The molecule has 19 heavy (non-hydrogen) atoms. The first-order chi connectivity index (χ1) is 8.91. The van der Waals surface area contributed by atoms with Gasteiger partial charge in [0, 0.05) is 4.90 Å². The number of hydrogen-bond acceptors (Lipinski definition) is 5. The van der Waals surface area contributed by atoms with Crippen LogP contribution in [0.1, 0.15) is 0 Å². The summed E-state index contributed by atoms with van der Waals surface area (Å²) in [6, 6.07) is 9.60. The molecule has 2 aromatic rings. The molecule has 0 spiro atoms. The number of hydrogen-bond donors (Lipinski definition) is 1. The Morgan fingerprint density at radius 3 is 2.26 bits per heavy atom. The van der Waals surface area contributed by atoms with Gasteiger partial charge in [-0.3, -0.25) is 0 Å². The van der Waals surface area contributed by atoms with E-state index in [0.29, 0.717) is 14.9 Å². The van der Waals surface area contributed by atoms with Gasteiger partial charge >= 0.3 is 0 Å². The number of nitrogens with two attached hydrogens (primary N) is 1. The summed E-state index contributed by atoms with van der Waals surface area (Å²) in [5.74, 6) is 0.664. The van der Waals surface area contributed by atoms with Crippen LogP contribution in [0.15, 0.2) is 49.7 Å². The Bertz CT molecular complexity index is 704. The molecule has 2 rings (SSSR count). The van der Waals surface area contributed by atoms with Gasteiger partial charge in [-0.1, -0.05) is 0 Å². The van der Waals surface area contributed by atoms with Crippen molar-refractivity contribution >= 4 is 32.2 Å². The van der Waals surface area contributed by atoms with Crippen LogP contribution in [0.5, 0.6) is 5.75 Å². The first-order valence-electron chi connectivity index (χ1n) is 5.10. The maximum absolute atomic E-state index is 12.2. The predicted octanol–water partition coefficient (Wildman–Crippen LogP) is 1.57. The minimum Gasteiger partial charge on any atom is -0.497 e. The molecule has 0 amide bonds. The Labute approximate surface area is 117 Å². The Hall–Kier alpha value is -1.22. The predicted molar refractivity (Wildman–Crippen MR) is 73.4 cm³/mol. The van der Waals surface area contributed by atoms with E-state index in [2.05, 4.69) is 0 Å². The molecular formula is C11H11NO4S3. The van der Waals surface area contributed by atoms with Crippen molar-refractivity contribution in [1.82, 2.24) is 0 Å². The van der Waals surface area contributed by atoms with E-state index < -0.39 is 20.8 Å². The molecule has 1 atom stereocenters. The zero-order chi connectivity index (χ0) is 14.0. The average molecular weight is 317 g/mol. The van der Waals surface area contributed by atoms with Crippen molar-refractivity contribution in [2.75, 3.05) is 7.11 Å². The third kappa shape index (κ3) is 3.21. The van der Waals surface area contributed by atoms with E-state index in [4.69, 9.17) is 9.88 Å². The third-order valence-corrected chi connectivity index (χ3v) is 6.52. The van der Waals surface area contributed by atoms with Crippen molar-refractivity contribution in [1.29, 1.82) is 0 Å². The van der Waals surface area contributed by atoms with Crippen LogP contribution in [0, 0.1) is 0 Å². The van der Waals surface area contributed by atoms with Gasteiger partial charge in [0.15, 0.2) is 0 Å². The topological polar surface area (TPSA) is 86.5 Å². The van der Waals surface area contributed by atoms with Gasteiger partial charge in [0.05, 0.1) is 22.1 Å². The second-order valence-electron chi connectivity index (χ2n) is 3.56. The Morgan fingerprint density at radius 1 is 1.16 bits per heavy atom. The Kier molecular flexibility index (Phi) is 4.04. The summed E-state index contributed by atoms with van der Waals surface area (Å²) in [7, 11) is -3.63. The molecule has 2 N–H and O–H groups in total. The first-order valence-corrected chi connectivity index (χ1v) is 8.61. The lowest BCUT2D eigenvalue weighted by molar-refractivity contribution is 0.414. The molecule has 0 saturated heterocycles. The highest BCUT2D eigenvalue weighted by Gasteiger charge is 2.15. The van der Waals surface area contributed by atoms with Crippen LogP contribution in [-0.2, 0) is 20.8 Å². The van der Waals surface area contributed by atoms with Gasteiger partial charge in [0.2, 0.25) is 10.0 Å². The molecular weight excluding hydrogens is 306 g/mol. The lowest BCUT2D eigenvalue weighted by Crippen LogP contribution is -2.09. The van der Waals surface area contributed by atoms with E-state index in [1.54, 1.807) is 31.4 Å². The lowest BCUT2D eigenvalue weighted by Gasteiger charge is -2.01. The van der Waals surface area contributed by atoms with E-state index in [-0.39, 0.29) is 4.21 Å². The highest BCUT2D eigenvalue weighted by atomic mass is 32.3. The number of rotatable bonds is 4. The Balaban J connectivity index is 2.31. The van der Waals surface area contributed by atoms with Crippen molar-refractivity contribution < 1.29 is 17.4 Å². The van der Waals surface area contributed by atoms with Gasteiger partial charge in [0.25, 0.3) is 0 Å². The van der Waals surface area contributed by atoms with Crippen LogP contribution >= 0.6 is 11.3 Å². The zero-order valence-corrected chi connectivity index (χ0v) is 12.3. The minimum atomic E-state index is -3.74. The molecule has 0 fully saturated rings. The monoisotopic (exact) mass is 317 g/mol. The molecule has 1 aromatic carbocycles. The molecule has 0 unspecified atom stereocenters. The van der Waals surface area contributed by atoms with E-state index in [1.165, 1.54) is 12.1 Å². The second kappa shape index (κ2) is 5.41. The number of ether oxygens (including phenoxy) is 1. The minimum absolute atomic E-state index is 0.00404. The summed E-state index contributed by atoms with van der Waals surface area (Å²) in [6.45, 7) is 0. The van der Waals surface area contributed by atoms with E-state index in [9.17, 15) is 12.6 Å². The summed E-state index contributed by atoms with van der Waals surface area (Å²) in [4.78, 5) is 0.573. The SMILES string of the molecule is COc1ccc([S@](=O)c2ccc(S(N)(=O)=O)s2)cc1. The van der Waals surface area contributed by atoms with Crippen LogP contribution < -0.4 is 9.88 Å². The fourth-order valence-corrected chi connectivity index (χ4v) is 4.66. The number of sulfonamides is 1. The molecule has 0 bridgehead atoms. The van der Waals surface area contributed by atoms with Gasteiger partial charge in [0.1, 0.15) is 9.96 Å². The highest BCUT2D eigenvalue weighted by molar-refractivity contribution is 7.92. The Morgan fingerprint density at radius 2 is 1.79 bits per heavy atom. The quantitative estimate of drug-likeness (QED) is 0.927. The summed E-state index contributed by atoms with van der Waals surface area (Å²) in [5, 5.41) is 5.01. The fraction of sp³-hybridized carbons (Fsp3) is 0.0909. The van der Waals surface area contributed by atoms with E-state index in [0.717, 1.165) is 11.3 Å². The summed E-state index contributed by atoms with van der Waals surface area (Å²) in [6.07, 6.45) is 0. The van der Waals surface area contributed by atoms with E-state index in [1.807, 2.05) is 0 Å². The van der Waals surface area contributed by atoms with Crippen molar-refractivity contribution in [3.8, 4) is 5.75 Å². The normalized spacial score (nSPS) is 13.2. The summed E-state index contributed by atoms with van der Waals surface area (Å²) >= 11 is 0.908. The van der Waals surface area contributed by atoms with Crippen LogP contribution in [0.4, 0.5) is 0 Å². The van der Waals surface area contributed by atoms with E-state index >= 15 is 0 Å². The molecule has 5 nitrogen and oxygen atoms in total. The number of thiophene rings is 1. The lowest BCUT2D eigenvalue weighted by atomic mass is 10.3. The molecule has 0 aliphatic rings. The van der Waals surface area contributed by atoms with Crippen molar-refractivity contribution in [2.45, 2.75) is 13.3 Å². The van der Waals surface area contributed by atoms with Crippen LogP contribution in [0.25, 0.3) is 0 Å². The van der Waals surface area contributed by atoms with Crippen LogP contribution in [0.3, 0.4) is 0 Å². The molecule has 0 aliphatic carbocycles. The average Bonchev–Trinajstić information content (AvgIpc) is 2.87.